The maximum absolute atomic E-state index is 13.1. The minimum Gasteiger partial charge on any atom is -0.207 e. The van der Waals surface area contributed by atoms with Crippen molar-refractivity contribution in [1.82, 2.24) is 0 Å². The highest BCUT2D eigenvalue weighted by Crippen LogP contribution is 2.20. The number of hydrogen-bond acceptors (Lipinski definition) is 0. The van der Waals surface area contributed by atoms with Crippen LogP contribution in [0.1, 0.15) is 12.0 Å². The molecule has 0 saturated carbocycles. The summed E-state index contributed by atoms with van der Waals surface area (Å²) in [6.45, 7) is 0. The molecule has 0 radical (unpaired) electrons. The summed E-state index contributed by atoms with van der Waals surface area (Å²) < 4.78 is 13.9. The van der Waals surface area contributed by atoms with E-state index in [4.69, 9.17) is 6.42 Å². The number of benzene rings is 1. The van der Waals surface area contributed by atoms with Gasteiger partial charge < -0.3 is 0 Å². The average molecular weight is 227 g/mol. The van der Waals surface area contributed by atoms with E-state index in [0.29, 0.717) is 18.4 Å². The van der Waals surface area contributed by atoms with Gasteiger partial charge in [-0.15, -0.1) is 12.3 Å². The molecular weight excluding hydrogens is 219 g/mol. The minimum absolute atomic E-state index is 0.195. The Balaban J connectivity index is 2.90. The lowest BCUT2D eigenvalue weighted by atomic mass is 10.1. The van der Waals surface area contributed by atoms with Gasteiger partial charge in [0.15, 0.2) is 0 Å². The second-order valence-corrected chi connectivity index (χ2v) is 3.26. The summed E-state index contributed by atoms with van der Waals surface area (Å²) in [4.78, 5) is 0. The first kappa shape index (κ1) is 9.28. The quantitative estimate of drug-likeness (QED) is 0.681. The number of terminal acetylenes is 1. The summed E-state index contributed by atoms with van der Waals surface area (Å²) in [5.74, 6) is 2.29. The molecule has 1 aromatic rings. The molecule has 0 bridgehead atoms. The topological polar surface area (TPSA) is 0 Å². The van der Waals surface area contributed by atoms with Crippen molar-refractivity contribution in [2.24, 2.45) is 0 Å². The van der Waals surface area contributed by atoms with E-state index in [2.05, 4.69) is 21.9 Å². The SMILES string of the molecule is C#CCCc1c(F)cccc1Br. The van der Waals surface area contributed by atoms with Crippen molar-refractivity contribution in [2.75, 3.05) is 0 Å². The zero-order valence-electron chi connectivity index (χ0n) is 6.48. The number of halogens is 2. The highest BCUT2D eigenvalue weighted by Gasteiger charge is 2.04. The summed E-state index contributed by atoms with van der Waals surface area (Å²) in [7, 11) is 0. The van der Waals surface area contributed by atoms with E-state index in [-0.39, 0.29) is 5.82 Å². The zero-order chi connectivity index (χ0) is 8.97. The fourth-order valence-electron chi connectivity index (χ4n) is 0.968. The van der Waals surface area contributed by atoms with E-state index in [1.807, 2.05) is 6.07 Å². The number of rotatable bonds is 2. The summed E-state index contributed by atoms with van der Waals surface area (Å²) in [6, 6.07) is 4.92. The molecule has 0 amide bonds. The third-order valence-corrected chi connectivity index (χ3v) is 2.32. The first-order valence-electron chi connectivity index (χ1n) is 3.62. The Morgan fingerprint density at radius 3 is 2.83 bits per heavy atom. The van der Waals surface area contributed by atoms with Crippen LogP contribution in [0.25, 0.3) is 0 Å². The van der Waals surface area contributed by atoms with Gasteiger partial charge in [0, 0.05) is 16.5 Å². The molecule has 0 saturated heterocycles. The molecule has 0 fully saturated rings. The molecule has 0 unspecified atom stereocenters. The zero-order valence-corrected chi connectivity index (χ0v) is 8.07. The standard InChI is InChI=1S/C10H8BrF/c1-2-3-5-8-9(11)6-4-7-10(8)12/h1,4,6-7H,3,5H2. The molecule has 0 aliphatic heterocycles. The Hall–Kier alpha value is -0.810. The molecule has 12 heavy (non-hydrogen) atoms. The average Bonchev–Trinajstić information content (AvgIpc) is 2.04. The number of hydrogen-bond donors (Lipinski definition) is 0. The van der Waals surface area contributed by atoms with Crippen molar-refractivity contribution in [3.8, 4) is 12.3 Å². The third-order valence-electron chi connectivity index (χ3n) is 1.58. The lowest BCUT2D eigenvalue weighted by Gasteiger charge is -2.02. The molecule has 1 rings (SSSR count). The fraction of sp³-hybridized carbons (Fsp3) is 0.200. The van der Waals surface area contributed by atoms with Crippen molar-refractivity contribution in [3.05, 3.63) is 34.1 Å². The van der Waals surface area contributed by atoms with Crippen LogP contribution in [0.15, 0.2) is 22.7 Å². The van der Waals surface area contributed by atoms with E-state index in [0.717, 1.165) is 4.47 Å². The molecule has 0 N–H and O–H groups in total. The van der Waals surface area contributed by atoms with Crippen LogP contribution in [0, 0.1) is 18.2 Å². The Labute approximate surface area is 79.9 Å². The molecule has 0 aliphatic carbocycles. The van der Waals surface area contributed by atoms with E-state index in [1.165, 1.54) is 6.07 Å². The predicted molar refractivity (Wildman–Crippen MR) is 51.3 cm³/mol. The van der Waals surface area contributed by atoms with Crippen LogP contribution in [0.4, 0.5) is 4.39 Å². The monoisotopic (exact) mass is 226 g/mol. The molecule has 1 aromatic carbocycles. The van der Waals surface area contributed by atoms with E-state index >= 15 is 0 Å². The molecular formula is C10H8BrF. The van der Waals surface area contributed by atoms with Crippen molar-refractivity contribution >= 4 is 15.9 Å². The lowest BCUT2D eigenvalue weighted by Crippen LogP contribution is -1.90. The predicted octanol–water partition coefficient (Wildman–Crippen LogP) is 3.15. The summed E-state index contributed by atoms with van der Waals surface area (Å²) in [6.07, 6.45) is 6.24. The molecule has 0 aromatic heterocycles. The van der Waals surface area contributed by atoms with E-state index in [1.54, 1.807) is 6.07 Å². The molecule has 0 heterocycles. The molecule has 0 nitrogen and oxygen atoms in total. The van der Waals surface area contributed by atoms with Crippen LogP contribution < -0.4 is 0 Å². The maximum atomic E-state index is 13.1. The Bertz CT molecular complexity index is 292. The van der Waals surface area contributed by atoms with Crippen molar-refractivity contribution in [1.29, 1.82) is 0 Å². The smallest absolute Gasteiger partial charge is 0.127 e. The lowest BCUT2D eigenvalue weighted by molar-refractivity contribution is 0.608. The molecule has 62 valence electrons. The van der Waals surface area contributed by atoms with Gasteiger partial charge in [-0.2, -0.15) is 0 Å². The van der Waals surface area contributed by atoms with Crippen LogP contribution in [0.2, 0.25) is 0 Å². The Kier molecular flexibility index (Phi) is 3.31. The van der Waals surface area contributed by atoms with Gasteiger partial charge in [-0.25, -0.2) is 4.39 Å². The van der Waals surface area contributed by atoms with Gasteiger partial charge in [0.2, 0.25) is 0 Å². The second-order valence-electron chi connectivity index (χ2n) is 2.40. The molecule has 2 heteroatoms. The Morgan fingerprint density at radius 1 is 1.50 bits per heavy atom. The van der Waals surface area contributed by atoms with Crippen LogP contribution in [0.3, 0.4) is 0 Å². The largest absolute Gasteiger partial charge is 0.207 e. The molecule has 0 atom stereocenters. The van der Waals surface area contributed by atoms with E-state index in [9.17, 15) is 4.39 Å². The van der Waals surface area contributed by atoms with Gasteiger partial charge in [0.1, 0.15) is 5.82 Å². The normalized spacial score (nSPS) is 9.42. The summed E-state index contributed by atoms with van der Waals surface area (Å²) in [5.41, 5.74) is 0.662. The first-order chi connectivity index (χ1) is 5.75. The van der Waals surface area contributed by atoms with Crippen molar-refractivity contribution < 1.29 is 4.39 Å². The van der Waals surface area contributed by atoms with Gasteiger partial charge in [0.25, 0.3) is 0 Å². The minimum atomic E-state index is -0.195. The maximum Gasteiger partial charge on any atom is 0.127 e. The highest BCUT2D eigenvalue weighted by molar-refractivity contribution is 9.10. The van der Waals surface area contributed by atoms with Gasteiger partial charge in [-0.3, -0.25) is 0 Å². The fourth-order valence-corrected chi connectivity index (χ4v) is 1.51. The highest BCUT2D eigenvalue weighted by atomic mass is 79.9. The van der Waals surface area contributed by atoms with Gasteiger partial charge in [-0.05, 0) is 18.6 Å². The van der Waals surface area contributed by atoms with Crippen molar-refractivity contribution in [2.45, 2.75) is 12.8 Å². The summed E-state index contributed by atoms with van der Waals surface area (Å²) in [5, 5.41) is 0. The van der Waals surface area contributed by atoms with Gasteiger partial charge in [0.05, 0.1) is 0 Å². The third kappa shape index (κ3) is 2.09. The second kappa shape index (κ2) is 4.27. The van der Waals surface area contributed by atoms with Crippen molar-refractivity contribution in [3.63, 3.8) is 0 Å². The summed E-state index contributed by atoms with van der Waals surface area (Å²) >= 11 is 3.27. The Morgan fingerprint density at radius 2 is 2.25 bits per heavy atom. The van der Waals surface area contributed by atoms with Crippen LogP contribution >= 0.6 is 15.9 Å². The van der Waals surface area contributed by atoms with E-state index < -0.39 is 0 Å². The first-order valence-corrected chi connectivity index (χ1v) is 4.41. The molecule has 0 aliphatic rings. The van der Waals surface area contributed by atoms with Gasteiger partial charge >= 0.3 is 0 Å². The molecule has 0 spiro atoms. The van der Waals surface area contributed by atoms with Crippen LogP contribution in [-0.4, -0.2) is 0 Å². The van der Waals surface area contributed by atoms with Crippen LogP contribution in [0.5, 0.6) is 0 Å². The van der Waals surface area contributed by atoms with Crippen LogP contribution in [-0.2, 0) is 6.42 Å². The van der Waals surface area contributed by atoms with Gasteiger partial charge in [-0.1, -0.05) is 22.0 Å².